The number of hydrogen-bond acceptors (Lipinski definition) is 6. The van der Waals surface area contributed by atoms with Crippen molar-refractivity contribution in [2.24, 2.45) is 5.10 Å². The lowest BCUT2D eigenvalue weighted by Crippen LogP contribution is -2.01. The highest BCUT2D eigenvalue weighted by atomic mass is 32.1. The molecule has 1 heterocycles. The Balaban J connectivity index is 2.10. The molecule has 2 N–H and O–H groups in total. The molecule has 0 aliphatic rings. The topological polar surface area (TPSA) is 83.8 Å². The zero-order chi connectivity index (χ0) is 15.2. The first-order valence-electron chi connectivity index (χ1n) is 6.18. The molecule has 0 amide bonds. The number of aliphatic carboxylic acids is 1. The summed E-state index contributed by atoms with van der Waals surface area (Å²) in [5.41, 5.74) is 5.21. The van der Waals surface area contributed by atoms with Gasteiger partial charge in [0.15, 0.2) is 0 Å². The maximum absolute atomic E-state index is 10.7. The van der Waals surface area contributed by atoms with E-state index in [9.17, 15) is 4.79 Å². The standard InChI is InChI=1S/C14H15N3O3S/c1-9-8-21-14(16-9)17-15-7-11-4-3-10(6-13(18)19)5-12(11)20-2/h3-5,7-8H,6H2,1-2H3,(H,16,17)(H,18,19). The molecule has 2 rings (SSSR count). The van der Waals surface area contributed by atoms with Crippen LogP contribution in [0.2, 0.25) is 0 Å². The molecule has 21 heavy (non-hydrogen) atoms. The number of anilines is 1. The Kier molecular flexibility index (Phi) is 4.89. The zero-order valence-corrected chi connectivity index (χ0v) is 12.5. The second-order valence-electron chi connectivity index (χ2n) is 4.31. The Morgan fingerprint density at radius 3 is 3.00 bits per heavy atom. The molecule has 0 spiro atoms. The smallest absolute Gasteiger partial charge is 0.307 e. The maximum Gasteiger partial charge on any atom is 0.307 e. The Hall–Kier alpha value is -2.41. The van der Waals surface area contributed by atoms with Crippen LogP contribution in [0.5, 0.6) is 5.75 Å². The molecule has 0 bridgehead atoms. The number of thiazole rings is 1. The largest absolute Gasteiger partial charge is 0.496 e. The number of nitrogens with zero attached hydrogens (tertiary/aromatic N) is 2. The van der Waals surface area contributed by atoms with Crippen LogP contribution in [0, 0.1) is 6.92 Å². The van der Waals surface area contributed by atoms with Crippen LogP contribution in [-0.2, 0) is 11.2 Å². The fourth-order valence-electron chi connectivity index (χ4n) is 1.71. The van der Waals surface area contributed by atoms with Gasteiger partial charge in [-0.2, -0.15) is 5.10 Å². The molecule has 1 aromatic carbocycles. The predicted molar refractivity (Wildman–Crippen MR) is 82.4 cm³/mol. The maximum atomic E-state index is 10.7. The van der Waals surface area contributed by atoms with Gasteiger partial charge < -0.3 is 9.84 Å². The van der Waals surface area contributed by atoms with Gasteiger partial charge >= 0.3 is 5.97 Å². The summed E-state index contributed by atoms with van der Waals surface area (Å²) in [4.78, 5) is 14.9. The van der Waals surface area contributed by atoms with E-state index in [1.54, 1.807) is 24.4 Å². The molecule has 2 aromatic rings. The number of hydrazone groups is 1. The Labute approximate surface area is 126 Å². The zero-order valence-electron chi connectivity index (χ0n) is 11.7. The van der Waals surface area contributed by atoms with Crippen molar-refractivity contribution in [3.63, 3.8) is 0 Å². The highest BCUT2D eigenvalue weighted by molar-refractivity contribution is 7.13. The van der Waals surface area contributed by atoms with Crippen molar-refractivity contribution in [3.05, 3.63) is 40.4 Å². The summed E-state index contributed by atoms with van der Waals surface area (Å²) in [5, 5.41) is 15.5. The molecule has 1 aromatic heterocycles. The Morgan fingerprint density at radius 1 is 1.57 bits per heavy atom. The van der Waals surface area contributed by atoms with Gasteiger partial charge in [-0.05, 0) is 24.6 Å². The van der Waals surface area contributed by atoms with Crippen molar-refractivity contribution < 1.29 is 14.6 Å². The van der Waals surface area contributed by atoms with Gasteiger partial charge in [-0.1, -0.05) is 6.07 Å². The lowest BCUT2D eigenvalue weighted by atomic mass is 10.1. The van der Waals surface area contributed by atoms with E-state index < -0.39 is 5.97 Å². The summed E-state index contributed by atoms with van der Waals surface area (Å²) in [6, 6.07) is 5.21. The molecule has 0 saturated carbocycles. The predicted octanol–water partition coefficient (Wildman–Crippen LogP) is 2.53. The highest BCUT2D eigenvalue weighted by Crippen LogP contribution is 2.19. The minimum Gasteiger partial charge on any atom is -0.496 e. The summed E-state index contributed by atoms with van der Waals surface area (Å²) in [6.07, 6.45) is 1.57. The number of methoxy groups -OCH3 is 1. The number of nitrogens with one attached hydrogen (secondary N) is 1. The molecule has 7 heteroatoms. The van der Waals surface area contributed by atoms with E-state index in [1.807, 2.05) is 12.3 Å². The first-order chi connectivity index (χ1) is 10.1. The van der Waals surface area contributed by atoms with Crippen LogP contribution in [-0.4, -0.2) is 29.4 Å². The van der Waals surface area contributed by atoms with Gasteiger partial charge in [-0.25, -0.2) is 4.98 Å². The summed E-state index contributed by atoms with van der Waals surface area (Å²) < 4.78 is 5.25. The summed E-state index contributed by atoms with van der Waals surface area (Å²) >= 11 is 1.47. The van der Waals surface area contributed by atoms with Gasteiger partial charge in [0.1, 0.15) is 5.75 Å². The van der Waals surface area contributed by atoms with Gasteiger partial charge in [-0.3, -0.25) is 10.2 Å². The molecule has 0 radical (unpaired) electrons. The van der Waals surface area contributed by atoms with E-state index in [1.165, 1.54) is 18.4 Å². The van der Waals surface area contributed by atoms with Gasteiger partial charge in [-0.15, -0.1) is 11.3 Å². The average Bonchev–Trinajstić information content (AvgIpc) is 2.85. The van der Waals surface area contributed by atoms with Crippen LogP contribution in [0.15, 0.2) is 28.7 Å². The van der Waals surface area contributed by atoms with E-state index in [0.29, 0.717) is 16.4 Å². The number of carboxylic acids is 1. The van der Waals surface area contributed by atoms with E-state index in [4.69, 9.17) is 9.84 Å². The molecule has 0 saturated heterocycles. The molecule has 0 aliphatic carbocycles. The van der Waals surface area contributed by atoms with Crippen LogP contribution in [0.3, 0.4) is 0 Å². The minimum absolute atomic E-state index is 0.0373. The molecule has 0 unspecified atom stereocenters. The monoisotopic (exact) mass is 305 g/mol. The van der Waals surface area contributed by atoms with Crippen LogP contribution in [0.25, 0.3) is 0 Å². The van der Waals surface area contributed by atoms with Crippen LogP contribution < -0.4 is 10.2 Å². The fourth-order valence-corrected chi connectivity index (χ4v) is 2.35. The van der Waals surface area contributed by atoms with Gasteiger partial charge in [0.2, 0.25) is 5.13 Å². The summed E-state index contributed by atoms with van der Waals surface area (Å²) in [7, 11) is 1.54. The van der Waals surface area contributed by atoms with Crippen LogP contribution in [0.4, 0.5) is 5.13 Å². The van der Waals surface area contributed by atoms with Crippen molar-refractivity contribution in [3.8, 4) is 5.75 Å². The fraction of sp³-hybridized carbons (Fsp3) is 0.214. The molecule has 0 fully saturated rings. The Bertz CT molecular complexity index is 667. The summed E-state index contributed by atoms with van der Waals surface area (Å²) in [6.45, 7) is 1.91. The number of carboxylic acid groups (broad SMARTS) is 1. The van der Waals surface area contributed by atoms with E-state index >= 15 is 0 Å². The molecule has 0 atom stereocenters. The molecule has 0 aliphatic heterocycles. The Morgan fingerprint density at radius 2 is 2.38 bits per heavy atom. The summed E-state index contributed by atoms with van der Waals surface area (Å²) in [5.74, 6) is -0.297. The second kappa shape index (κ2) is 6.85. The number of hydrogen-bond donors (Lipinski definition) is 2. The van der Waals surface area contributed by atoms with Gasteiger partial charge in [0.25, 0.3) is 0 Å². The van der Waals surface area contributed by atoms with Crippen LogP contribution >= 0.6 is 11.3 Å². The number of ether oxygens (including phenoxy) is 1. The number of aryl methyl sites for hydroxylation is 1. The van der Waals surface area contributed by atoms with Gasteiger partial charge in [0, 0.05) is 10.9 Å². The van der Waals surface area contributed by atoms with Crippen LogP contribution in [0.1, 0.15) is 16.8 Å². The average molecular weight is 305 g/mol. The number of carbonyl (C=O) groups is 1. The lowest BCUT2D eigenvalue weighted by molar-refractivity contribution is -0.136. The molecular weight excluding hydrogens is 290 g/mol. The van der Waals surface area contributed by atoms with Crippen molar-refractivity contribution in [2.75, 3.05) is 12.5 Å². The lowest BCUT2D eigenvalue weighted by Gasteiger charge is -2.06. The molecule has 6 nitrogen and oxygen atoms in total. The first kappa shape index (κ1) is 15.0. The minimum atomic E-state index is -0.876. The van der Waals surface area contributed by atoms with E-state index in [-0.39, 0.29) is 6.42 Å². The molecule has 110 valence electrons. The van der Waals surface area contributed by atoms with E-state index in [0.717, 1.165) is 11.3 Å². The molecular formula is C14H15N3O3S. The van der Waals surface area contributed by atoms with Crippen molar-refractivity contribution in [1.82, 2.24) is 4.98 Å². The second-order valence-corrected chi connectivity index (χ2v) is 5.17. The first-order valence-corrected chi connectivity index (χ1v) is 7.06. The number of aromatic nitrogens is 1. The highest BCUT2D eigenvalue weighted by Gasteiger charge is 2.06. The number of benzene rings is 1. The third-order valence-corrected chi connectivity index (χ3v) is 3.50. The SMILES string of the molecule is COc1cc(CC(=O)O)ccc1C=NNc1nc(C)cs1. The normalized spacial score (nSPS) is 10.8. The van der Waals surface area contributed by atoms with Crippen molar-refractivity contribution in [1.29, 1.82) is 0 Å². The van der Waals surface area contributed by atoms with E-state index in [2.05, 4.69) is 15.5 Å². The number of rotatable bonds is 6. The van der Waals surface area contributed by atoms with Crippen molar-refractivity contribution in [2.45, 2.75) is 13.3 Å². The van der Waals surface area contributed by atoms with Crippen molar-refractivity contribution >= 4 is 28.7 Å². The third kappa shape index (κ3) is 4.28. The quantitative estimate of drug-likeness (QED) is 0.633. The third-order valence-electron chi connectivity index (χ3n) is 2.64. The van der Waals surface area contributed by atoms with Gasteiger partial charge in [0.05, 0.1) is 25.4 Å².